The van der Waals surface area contributed by atoms with Crippen LogP contribution in [0.25, 0.3) is 0 Å². The highest BCUT2D eigenvalue weighted by atomic mass is 16.5. The molecule has 74 heavy (non-hydrogen) atoms. The number of carbonyl (C=O) groups is 2. The summed E-state index contributed by atoms with van der Waals surface area (Å²) in [6.07, 6.45) is 81.5. The van der Waals surface area contributed by atoms with Gasteiger partial charge in [-0.25, -0.2) is 0 Å². The number of amides is 1. The van der Waals surface area contributed by atoms with Gasteiger partial charge in [0.05, 0.1) is 25.4 Å². The van der Waals surface area contributed by atoms with Gasteiger partial charge in [-0.3, -0.25) is 9.59 Å². The molecule has 0 aliphatic rings. The number of carbonyl (C=O) groups excluding carboxylic acids is 2. The molecule has 0 spiro atoms. The van der Waals surface area contributed by atoms with Crippen molar-refractivity contribution in [3.8, 4) is 0 Å². The minimum atomic E-state index is -0.664. The lowest BCUT2D eigenvalue weighted by Crippen LogP contribution is -2.45. The molecule has 434 valence electrons. The summed E-state index contributed by atoms with van der Waals surface area (Å²) in [7, 11) is 0. The number of nitrogens with one attached hydrogen (secondary N) is 1. The third kappa shape index (κ3) is 59.1. The first-order valence-electron chi connectivity index (χ1n) is 32.9. The Morgan fingerprint density at radius 1 is 0.378 bits per heavy atom. The van der Waals surface area contributed by atoms with E-state index in [2.05, 4.69) is 67.8 Å². The molecule has 3 N–H and O–H groups in total. The number of esters is 1. The standard InChI is InChI=1S/C68H127NO5/c1-3-5-7-9-11-13-15-16-17-18-33-36-39-42-46-50-54-58-62-68(73)74-63-59-55-51-47-43-40-37-34-31-29-27-25-23-21-19-20-22-24-26-28-30-32-35-38-41-45-49-53-57-61-67(72)69-65(64-70)66(71)60-56-52-48-44-14-12-10-8-6-4-2/h13,15,17-19,21,25,27,65-66,70-71H,3-12,14,16,20,22-24,26,28-64H2,1-2H3,(H,69,72)/b15-13-,18-17-,21-19-,27-25-. The van der Waals surface area contributed by atoms with Gasteiger partial charge in [-0.2, -0.15) is 0 Å². The number of allylic oxidation sites excluding steroid dienone is 8. The molecule has 0 saturated carbocycles. The summed E-state index contributed by atoms with van der Waals surface area (Å²) in [4.78, 5) is 24.5. The molecule has 0 saturated heterocycles. The predicted molar refractivity (Wildman–Crippen MR) is 324 cm³/mol. The normalized spacial score (nSPS) is 12.9. The maximum Gasteiger partial charge on any atom is 0.305 e. The van der Waals surface area contributed by atoms with Crippen LogP contribution < -0.4 is 5.32 Å². The van der Waals surface area contributed by atoms with Crippen LogP contribution in [-0.2, 0) is 14.3 Å². The molecule has 0 bridgehead atoms. The number of hydrogen-bond donors (Lipinski definition) is 3. The zero-order valence-electron chi connectivity index (χ0n) is 49.6. The van der Waals surface area contributed by atoms with E-state index in [0.29, 0.717) is 25.9 Å². The van der Waals surface area contributed by atoms with Crippen molar-refractivity contribution in [1.29, 1.82) is 0 Å². The molecule has 0 rings (SSSR count). The first kappa shape index (κ1) is 71.8. The highest BCUT2D eigenvalue weighted by Crippen LogP contribution is 2.17. The summed E-state index contributed by atoms with van der Waals surface area (Å²) < 4.78 is 5.49. The Balaban J connectivity index is 3.38. The SMILES string of the molecule is CCCCCC/C=C\C/C=C\CCCCCCCCCC(=O)OCCCCCCCCCCC/C=C\C/C=C\CCCCCCCCCCCCCCCC(=O)NC(CO)C(O)CCCCCCCCCCCC. The van der Waals surface area contributed by atoms with Crippen molar-refractivity contribution in [2.24, 2.45) is 0 Å². The van der Waals surface area contributed by atoms with E-state index < -0.39 is 12.1 Å². The summed E-state index contributed by atoms with van der Waals surface area (Å²) in [5.74, 6) is -0.0327. The second-order valence-corrected chi connectivity index (χ2v) is 22.4. The molecule has 6 heteroatoms. The van der Waals surface area contributed by atoms with Crippen LogP contribution >= 0.6 is 0 Å². The van der Waals surface area contributed by atoms with E-state index in [4.69, 9.17) is 4.74 Å². The van der Waals surface area contributed by atoms with Gasteiger partial charge in [0.1, 0.15) is 0 Å². The van der Waals surface area contributed by atoms with E-state index in [-0.39, 0.29) is 18.5 Å². The van der Waals surface area contributed by atoms with Crippen LogP contribution in [0.3, 0.4) is 0 Å². The topological polar surface area (TPSA) is 95.9 Å². The van der Waals surface area contributed by atoms with E-state index in [0.717, 1.165) is 57.8 Å². The van der Waals surface area contributed by atoms with Gasteiger partial charge in [-0.15, -0.1) is 0 Å². The van der Waals surface area contributed by atoms with Crippen molar-refractivity contribution in [3.63, 3.8) is 0 Å². The molecule has 1 amide bonds. The zero-order chi connectivity index (χ0) is 53.6. The molecular formula is C68H127NO5. The van der Waals surface area contributed by atoms with Gasteiger partial charge < -0.3 is 20.3 Å². The molecule has 0 aromatic rings. The van der Waals surface area contributed by atoms with Gasteiger partial charge in [0.15, 0.2) is 0 Å². The van der Waals surface area contributed by atoms with Crippen molar-refractivity contribution in [2.45, 2.75) is 360 Å². The molecule has 0 heterocycles. The molecule has 2 atom stereocenters. The first-order chi connectivity index (χ1) is 36.5. The number of hydrogen-bond acceptors (Lipinski definition) is 5. The largest absolute Gasteiger partial charge is 0.466 e. The van der Waals surface area contributed by atoms with Crippen molar-refractivity contribution >= 4 is 11.9 Å². The zero-order valence-corrected chi connectivity index (χ0v) is 49.6. The molecule has 2 unspecified atom stereocenters. The third-order valence-electron chi connectivity index (χ3n) is 15.1. The number of aliphatic hydroxyl groups excluding tert-OH is 2. The first-order valence-corrected chi connectivity index (χ1v) is 32.9. The maximum absolute atomic E-state index is 12.4. The molecule has 0 fully saturated rings. The number of rotatable bonds is 61. The third-order valence-corrected chi connectivity index (χ3v) is 15.1. The second kappa shape index (κ2) is 63.4. The van der Waals surface area contributed by atoms with E-state index in [1.807, 2.05) is 0 Å². The lowest BCUT2D eigenvalue weighted by Gasteiger charge is -2.22. The number of unbranched alkanes of at least 4 members (excludes halogenated alkanes) is 42. The highest BCUT2D eigenvalue weighted by Gasteiger charge is 2.20. The Morgan fingerprint density at radius 2 is 0.676 bits per heavy atom. The van der Waals surface area contributed by atoms with Crippen molar-refractivity contribution < 1.29 is 24.5 Å². The molecular weight excluding hydrogens is 911 g/mol. The Labute approximate surface area is 461 Å². The molecule has 0 aliphatic carbocycles. The van der Waals surface area contributed by atoms with Crippen LogP contribution in [0.5, 0.6) is 0 Å². The van der Waals surface area contributed by atoms with Crippen LogP contribution in [0, 0.1) is 0 Å². The van der Waals surface area contributed by atoms with E-state index in [1.165, 1.54) is 257 Å². The van der Waals surface area contributed by atoms with Crippen LogP contribution in [-0.4, -0.2) is 47.4 Å². The smallest absolute Gasteiger partial charge is 0.305 e. The minimum absolute atomic E-state index is 0.00448. The molecule has 6 nitrogen and oxygen atoms in total. The Bertz CT molecular complexity index is 1240. The fourth-order valence-electron chi connectivity index (χ4n) is 10.1. The maximum atomic E-state index is 12.4. The predicted octanol–water partition coefficient (Wildman–Crippen LogP) is 20.9. The fourth-order valence-corrected chi connectivity index (χ4v) is 10.1. The molecule has 0 aromatic carbocycles. The minimum Gasteiger partial charge on any atom is -0.466 e. The number of ether oxygens (including phenoxy) is 1. The summed E-state index contributed by atoms with van der Waals surface area (Å²) in [5, 5.41) is 23.2. The molecule has 0 aliphatic heterocycles. The van der Waals surface area contributed by atoms with Crippen molar-refractivity contribution in [1.82, 2.24) is 5.32 Å². The monoisotopic (exact) mass is 1040 g/mol. The van der Waals surface area contributed by atoms with Gasteiger partial charge in [0.2, 0.25) is 5.91 Å². The highest BCUT2D eigenvalue weighted by molar-refractivity contribution is 5.76. The van der Waals surface area contributed by atoms with Crippen LogP contribution in [0.4, 0.5) is 0 Å². The van der Waals surface area contributed by atoms with E-state index >= 15 is 0 Å². The van der Waals surface area contributed by atoms with Crippen LogP contribution in [0.1, 0.15) is 348 Å². The van der Waals surface area contributed by atoms with Crippen molar-refractivity contribution in [3.05, 3.63) is 48.6 Å². The quantitative estimate of drug-likeness (QED) is 0.0320. The van der Waals surface area contributed by atoms with Gasteiger partial charge in [0, 0.05) is 12.8 Å². The summed E-state index contributed by atoms with van der Waals surface area (Å²) >= 11 is 0. The second-order valence-electron chi connectivity index (χ2n) is 22.4. The lowest BCUT2D eigenvalue weighted by atomic mass is 10.0. The van der Waals surface area contributed by atoms with Crippen molar-refractivity contribution in [2.75, 3.05) is 13.2 Å². The van der Waals surface area contributed by atoms with Gasteiger partial charge >= 0.3 is 5.97 Å². The van der Waals surface area contributed by atoms with Gasteiger partial charge in [-0.05, 0) is 89.9 Å². The Morgan fingerprint density at radius 3 is 1.04 bits per heavy atom. The Kier molecular flexibility index (Phi) is 61.5. The van der Waals surface area contributed by atoms with Gasteiger partial charge in [0.25, 0.3) is 0 Å². The van der Waals surface area contributed by atoms with Crippen LogP contribution in [0.2, 0.25) is 0 Å². The summed E-state index contributed by atoms with van der Waals surface area (Å²) in [6.45, 7) is 4.93. The lowest BCUT2D eigenvalue weighted by molar-refractivity contribution is -0.143. The van der Waals surface area contributed by atoms with E-state index in [1.54, 1.807) is 0 Å². The number of aliphatic hydroxyl groups is 2. The molecule has 0 aromatic heterocycles. The molecule has 0 radical (unpaired) electrons. The summed E-state index contributed by atoms with van der Waals surface area (Å²) in [6, 6.07) is -0.541. The average Bonchev–Trinajstić information content (AvgIpc) is 3.40. The summed E-state index contributed by atoms with van der Waals surface area (Å²) in [5.41, 5.74) is 0. The fraction of sp³-hybridized carbons (Fsp3) is 0.853. The van der Waals surface area contributed by atoms with Gasteiger partial charge in [-0.1, -0.05) is 294 Å². The Hall–Kier alpha value is -2.18. The van der Waals surface area contributed by atoms with Crippen LogP contribution in [0.15, 0.2) is 48.6 Å². The average molecular weight is 1040 g/mol. The van der Waals surface area contributed by atoms with E-state index in [9.17, 15) is 19.8 Å².